The molecule has 1 aliphatic heterocycles. The van der Waals surface area contributed by atoms with Gasteiger partial charge in [0.15, 0.2) is 5.17 Å². The lowest BCUT2D eigenvalue weighted by Gasteiger charge is -2.38. The SMILES string of the molecule is CSCCCCCCNC1=NCC2(CCCCC2)CS1. The van der Waals surface area contributed by atoms with Crippen LogP contribution in [-0.4, -0.2) is 36.0 Å². The lowest BCUT2D eigenvalue weighted by Crippen LogP contribution is -2.37. The van der Waals surface area contributed by atoms with Crippen molar-refractivity contribution in [2.24, 2.45) is 10.4 Å². The van der Waals surface area contributed by atoms with Crippen LogP contribution in [-0.2, 0) is 0 Å². The average Bonchev–Trinajstić information content (AvgIpc) is 2.49. The number of nitrogens with zero attached hydrogens (tertiary/aromatic N) is 1. The van der Waals surface area contributed by atoms with Gasteiger partial charge in [0, 0.05) is 18.8 Å². The maximum absolute atomic E-state index is 4.82. The van der Waals surface area contributed by atoms with Gasteiger partial charge in [0.25, 0.3) is 0 Å². The van der Waals surface area contributed by atoms with Crippen LogP contribution in [0.25, 0.3) is 0 Å². The molecule has 0 bridgehead atoms. The van der Waals surface area contributed by atoms with Gasteiger partial charge < -0.3 is 5.32 Å². The van der Waals surface area contributed by atoms with Crippen LogP contribution in [0.3, 0.4) is 0 Å². The van der Waals surface area contributed by atoms with Crippen molar-refractivity contribution in [2.75, 3.05) is 30.9 Å². The van der Waals surface area contributed by atoms with Gasteiger partial charge in [-0.1, -0.05) is 43.9 Å². The third-order valence-corrected chi connectivity index (χ3v) is 6.54. The third kappa shape index (κ3) is 5.51. The Balaban J connectivity index is 1.56. The van der Waals surface area contributed by atoms with Gasteiger partial charge >= 0.3 is 0 Å². The van der Waals surface area contributed by atoms with E-state index >= 15 is 0 Å². The number of thioether (sulfide) groups is 2. The minimum atomic E-state index is 0.561. The molecule has 1 N–H and O–H groups in total. The quantitative estimate of drug-likeness (QED) is 0.698. The van der Waals surface area contributed by atoms with E-state index in [1.165, 1.54) is 74.5 Å². The van der Waals surface area contributed by atoms with Crippen LogP contribution in [0.5, 0.6) is 0 Å². The highest BCUT2D eigenvalue weighted by Crippen LogP contribution is 2.41. The molecule has 0 aromatic heterocycles. The number of unbranched alkanes of at least 4 members (excludes halogenated alkanes) is 3. The van der Waals surface area contributed by atoms with Gasteiger partial charge in [-0.15, -0.1) is 0 Å². The van der Waals surface area contributed by atoms with Crippen LogP contribution in [0, 0.1) is 5.41 Å². The number of aliphatic imine (C=N–C) groups is 1. The van der Waals surface area contributed by atoms with Gasteiger partial charge in [0.2, 0.25) is 0 Å². The molecular formula is C16H30N2S2. The van der Waals surface area contributed by atoms with E-state index in [9.17, 15) is 0 Å². The molecule has 1 aliphatic carbocycles. The molecule has 0 radical (unpaired) electrons. The Labute approximate surface area is 133 Å². The summed E-state index contributed by atoms with van der Waals surface area (Å²) in [7, 11) is 0. The van der Waals surface area contributed by atoms with Crippen LogP contribution in [0.2, 0.25) is 0 Å². The van der Waals surface area contributed by atoms with Gasteiger partial charge in [0.1, 0.15) is 0 Å². The summed E-state index contributed by atoms with van der Waals surface area (Å²) in [5.74, 6) is 2.62. The lowest BCUT2D eigenvalue weighted by molar-refractivity contribution is 0.232. The van der Waals surface area contributed by atoms with Gasteiger partial charge in [-0.05, 0) is 43.1 Å². The summed E-state index contributed by atoms with van der Waals surface area (Å²) < 4.78 is 0. The van der Waals surface area contributed by atoms with E-state index in [0.717, 1.165) is 13.1 Å². The lowest BCUT2D eigenvalue weighted by atomic mass is 9.75. The molecule has 0 unspecified atom stereocenters. The van der Waals surface area contributed by atoms with Crippen LogP contribution >= 0.6 is 23.5 Å². The second kappa shape index (κ2) is 9.24. The van der Waals surface area contributed by atoms with Crippen molar-refractivity contribution in [1.82, 2.24) is 5.32 Å². The average molecular weight is 315 g/mol. The number of hydrogen-bond donors (Lipinski definition) is 1. The van der Waals surface area contributed by atoms with Crippen molar-refractivity contribution >= 4 is 28.7 Å². The molecule has 0 aromatic carbocycles. The molecule has 0 amide bonds. The third-order valence-electron chi connectivity index (χ3n) is 4.54. The molecule has 0 aromatic rings. The van der Waals surface area contributed by atoms with E-state index in [4.69, 9.17) is 4.99 Å². The summed E-state index contributed by atoms with van der Waals surface area (Å²) in [6, 6.07) is 0. The van der Waals surface area contributed by atoms with E-state index in [0.29, 0.717) is 5.41 Å². The summed E-state index contributed by atoms with van der Waals surface area (Å²) in [5, 5.41) is 4.76. The molecule has 1 saturated carbocycles. The Morgan fingerprint density at radius 3 is 2.65 bits per heavy atom. The monoisotopic (exact) mass is 314 g/mol. The molecule has 2 nitrogen and oxygen atoms in total. The van der Waals surface area contributed by atoms with Crippen LogP contribution in [0.4, 0.5) is 0 Å². The number of amidine groups is 1. The highest BCUT2D eigenvalue weighted by atomic mass is 32.2. The minimum Gasteiger partial charge on any atom is -0.365 e. The molecule has 2 aliphatic rings. The van der Waals surface area contributed by atoms with E-state index < -0.39 is 0 Å². The zero-order chi connectivity index (χ0) is 14.1. The zero-order valence-electron chi connectivity index (χ0n) is 13.0. The predicted molar refractivity (Wildman–Crippen MR) is 95.1 cm³/mol. The Bertz CT molecular complexity index is 299. The first-order valence-corrected chi connectivity index (χ1v) is 10.6. The Morgan fingerprint density at radius 2 is 1.95 bits per heavy atom. The van der Waals surface area contributed by atoms with Gasteiger partial charge in [0.05, 0.1) is 0 Å². The summed E-state index contributed by atoms with van der Waals surface area (Å²) in [5.41, 5.74) is 0.561. The fraction of sp³-hybridized carbons (Fsp3) is 0.938. The Hall–Kier alpha value is 0.170. The fourth-order valence-electron chi connectivity index (χ4n) is 3.18. The molecule has 1 fully saturated rings. The van der Waals surface area contributed by atoms with Gasteiger partial charge in [-0.2, -0.15) is 11.8 Å². The van der Waals surface area contributed by atoms with Crippen molar-refractivity contribution in [3.05, 3.63) is 0 Å². The van der Waals surface area contributed by atoms with Crippen LogP contribution in [0.15, 0.2) is 4.99 Å². The van der Waals surface area contributed by atoms with Crippen molar-refractivity contribution in [3.8, 4) is 0 Å². The highest BCUT2D eigenvalue weighted by molar-refractivity contribution is 8.13. The fourth-order valence-corrected chi connectivity index (χ4v) is 4.86. The molecule has 20 heavy (non-hydrogen) atoms. The Kier molecular flexibility index (Phi) is 7.64. The first-order chi connectivity index (χ1) is 9.85. The molecule has 2 rings (SSSR count). The first kappa shape index (κ1) is 16.5. The first-order valence-electron chi connectivity index (χ1n) is 8.25. The second-order valence-electron chi connectivity index (χ2n) is 6.30. The van der Waals surface area contributed by atoms with E-state index in [1.807, 2.05) is 23.5 Å². The number of nitrogens with one attached hydrogen (secondary N) is 1. The van der Waals surface area contributed by atoms with Gasteiger partial charge in [-0.25, -0.2) is 0 Å². The molecule has 1 heterocycles. The van der Waals surface area contributed by atoms with Crippen LogP contribution < -0.4 is 5.32 Å². The number of rotatable bonds is 7. The van der Waals surface area contributed by atoms with Crippen molar-refractivity contribution in [3.63, 3.8) is 0 Å². The standard InChI is InChI=1S/C16H30N2S2/c1-19-12-8-3-2-7-11-17-15-18-13-16(14-20-15)9-5-4-6-10-16/h2-14H2,1H3,(H,17,18). The molecular weight excluding hydrogens is 284 g/mol. The molecule has 116 valence electrons. The largest absolute Gasteiger partial charge is 0.365 e. The van der Waals surface area contributed by atoms with Gasteiger partial charge in [-0.3, -0.25) is 4.99 Å². The minimum absolute atomic E-state index is 0.561. The Morgan fingerprint density at radius 1 is 1.15 bits per heavy atom. The highest BCUT2D eigenvalue weighted by Gasteiger charge is 2.34. The maximum atomic E-state index is 4.82. The van der Waals surface area contributed by atoms with E-state index in [-0.39, 0.29) is 0 Å². The summed E-state index contributed by atoms with van der Waals surface area (Å²) in [6.07, 6.45) is 14.7. The summed E-state index contributed by atoms with van der Waals surface area (Å²) in [6.45, 7) is 2.19. The zero-order valence-corrected chi connectivity index (χ0v) is 14.6. The second-order valence-corrected chi connectivity index (χ2v) is 8.25. The van der Waals surface area contributed by atoms with Crippen molar-refractivity contribution in [2.45, 2.75) is 57.8 Å². The summed E-state index contributed by atoms with van der Waals surface area (Å²) >= 11 is 3.94. The maximum Gasteiger partial charge on any atom is 0.156 e. The van der Waals surface area contributed by atoms with E-state index in [1.54, 1.807) is 0 Å². The van der Waals surface area contributed by atoms with Crippen molar-refractivity contribution in [1.29, 1.82) is 0 Å². The topological polar surface area (TPSA) is 24.4 Å². The molecule has 4 heteroatoms. The van der Waals surface area contributed by atoms with Crippen molar-refractivity contribution < 1.29 is 0 Å². The summed E-state index contributed by atoms with van der Waals surface area (Å²) in [4.78, 5) is 4.82. The number of hydrogen-bond acceptors (Lipinski definition) is 4. The smallest absolute Gasteiger partial charge is 0.156 e. The van der Waals surface area contributed by atoms with E-state index in [2.05, 4.69) is 11.6 Å². The molecule has 1 spiro atoms. The van der Waals surface area contributed by atoms with Crippen LogP contribution in [0.1, 0.15) is 57.8 Å². The molecule has 0 atom stereocenters. The normalized spacial score (nSPS) is 21.8. The molecule has 0 saturated heterocycles. The predicted octanol–water partition coefficient (Wildman–Crippen LogP) is 4.55.